The summed E-state index contributed by atoms with van der Waals surface area (Å²) in [7, 11) is 2.73. The van der Waals surface area contributed by atoms with E-state index < -0.39 is 12.5 Å². The molecular weight excluding hydrogens is 356 g/mol. The zero-order valence-electron chi connectivity index (χ0n) is 15.8. The lowest BCUT2D eigenvalue weighted by Gasteiger charge is -2.18. The van der Waals surface area contributed by atoms with Crippen LogP contribution in [0.4, 0.5) is 19.3 Å². The SMILES string of the molecule is CCc1cc(C(F)F)c(OCc2c(NC(=O)OC)cccc2OC)cc1C. The van der Waals surface area contributed by atoms with Crippen molar-refractivity contribution >= 4 is 11.8 Å². The molecule has 0 bridgehead atoms. The zero-order chi connectivity index (χ0) is 20.0. The minimum Gasteiger partial charge on any atom is -0.496 e. The fourth-order valence-electron chi connectivity index (χ4n) is 2.76. The van der Waals surface area contributed by atoms with Gasteiger partial charge in [-0.3, -0.25) is 5.32 Å². The van der Waals surface area contributed by atoms with E-state index in [4.69, 9.17) is 9.47 Å². The molecule has 2 rings (SSSR count). The van der Waals surface area contributed by atoms with Gasteiger partial charge >= 0.3 is 6.09 Å². The van der Waals surface area contributed by atoms with E-state index in [1.54, 1.807) is 24.3 Å². The number of halogens is 2. The zero-order valence-corrected chi connectivity index (χ0v) is 15.8. The Morgan fingerprint density at radius 2 is 1.93 bits per heavy atom. The molecule has 7 heteroatoms. The Morgan fingerprint density at radius 3 is 2.52 bits per heavy atom. The van der Waals surface area contributed by atoms with Crippen LogP contribution in [0.1, 0.15) is 35.6 Å². The second-order valence-electron chi connectivity index (χ2n) is 5.86. The monoisotopic (exact) mass is 379 g/mol. The van der Waals surface area contributed by atoms with Crippen LogP contribution in [-0.2, 0) is 17.8 Å². The van der Waals surface area contributed by atoms with E-state index in [1.165, 1.54) is 20.3 Å². The van der Waals surface area contributed by atoms with Crippen LogP contribution < -0.4 is 14.8 Å². The number of nitrogens with one attached hydrogen (secondary N) is 1. The molecule has 1 N–H and O–H groups in total. The summed E-state index contributed by atoms with van der Waals surface area (Å²) < 4.78 is 42.6. The largest absolute Gasteiger partial charge is 0.496 e. The lowest BCUT2D eigenvalue weighted by Crippen LogP contribution is -2.14. The van der Waals surface area contributed by atoms with Crippen LogP contribution in [0.15, 0.2) is 30.3 Å². The lowest BCUT2D eigenvalue weighted by atomic mass is 10.0. The first-order valence-corrected chi connectivity index (χ1v) is 8.46. The van der Waals surface area contributed by atoms with Gasteiger partial charge in [0.25, 0.3) is 6.43 Å². The number of aryl methyl sites for hydroxylation is 2. The van der Waals surface area contributed by atoms with Crippen molar-refractivity contribution in [2.24, 2.45) is 0 Å². The smallest absolute Gasteiger partial charge is 0.411 e. The summed E-state index contributed by atoms with van der Waals surface area (Å²) >= 11 is 0. The summed E-state index contributed by atoms with van der Waals surface area (Å²) in [6.07, 6.45) is -2.65. The average molecular weight is 379 g/mol. The van der Waals surface area contributed by atoms with Crippen LogP contribution in [0.2, 0.25) is 0 Å². The van der Waals surface area contributed by atoms with Gasteiger partial charge in [0.2, 0.25) is 0 Å². The van der Waals surface area contributed by atoms with Crippen molar-refractivity contribution in [1.29, 1.82) is 0 Å². The van der Waals surface area contributed by atoms with Crippen molar-refractivity contribution in [2.75, 3.05) is 19.5 Å². The van der Waals surface area contributed by atoms with Crippen LogP contribution in [0, 0.1) is 6.92 Å². The molecule has 146 valence electrons. The summed E-state index contributed by atoms with van der Waals surface area (Å²) in [6, 6.07) is 8.13. The number of carbonyl (C=O) groups is 1. The van der Waals surface area contributed by atoms with Crippen molar-refractivity contribution < 1.29 is 27.8 Å². The quantitative estimate of drug-likeness (QED) is 0.713. The van der Waals surface area contributed by atoms with E-state index in [9.17, 15) is 13.6 Å². The Labute approximate surface area is 157 Å². The van der Waals surface area contributed by atoms with E-state index in [0.717, 1.165) is 11.1 Å². The van der Waals surface area contributed by atoms with Gasteiger partial charge in [-0.2, -0.15) is 0 Å². The number of methoxy groups -OCH3 is 2. The minimum atomic E-state index is -2.66. The van der Waals surface area contributed by atoms with Crippen LogP contribution in [0.25, 0.3) is 0 Å². The number of benzene rings is 2. The Hall–Kier alpha value is -2.83. The van der Waals surface area contributed by atoms with Gasteiger partial charge in [0.1, 0.15) is 18.1 Å². The molecule has 2 aromatic carbocycles. The third-order valence-corrected chi connectivity index (χ3v) is 4.23. The first-order valence-electron chi connectivity index (χ1n) is 8.46. The molecule has 0 aliphatic rings. The normalized spacial score (nSPS) is 10.6. The van der Waals surface area contributed by atoms with E-state index >= 15 is 0 Å². The molecule has 27 heavy (non-hydrogen) atoms. The second kappa shape index (κ2) is 9.21. The summed E-state index contributed by atoms with van der Waals surface area (Å²) in [4.78, 5) is 11.6. The maximum absolute atomic E-state index is 13.5. The van der Waals surface area contributed by atoms with Gasteiger partial charge in [0.05, 0.1) is 31.0 Å². The molecule has 2 aromatic rings. The van der Waals surface area contributed by atoms with Crippen LogP contribution in [0.5, 0.6) is 11.5 Å². The molecule has 0 radical (unpaired) electrons. The summed E-state index contributed by atoms with van der Waals surface area (Å²) in [5, 5.41) is 2.57. The van der Waals surface area contributed by atoms with Crippen molar-refractivity contribution in [3.63, 3.8) is 0 Å². The predicted molar refractivity (Wildman–Crippen MR) is 98.9 cm³/mol. The number of anilines is 1. The standard InChI is InChI=1S/C20H23F2NO4/c1-5-13-10-14(19(21)22)18(9-12(13)2)27-11-15-16(23-20(24)26-4)7-6-8-17(15)25-3/h6-10,19H,5,11H2,1-4H3,(H,23,24). The number of alkyl halides is 2. The van der Waals surface area contributed by atoms with Crippen LogP contribution >= 0.6 is 0 Å². The van der Waals surface area contributed by atoms with Crippen molar-refractivity contribution in [2.45, 2.75) is 33.3 Å². The van der Waals surface area contributed by atoms with E-state index in [0.29, 0.717) is 23.4 Å². The second-order valence-corrected chi connectivity index (χ2v) is 5.86. The lowest BCUT2D eigenvalue weighted by molar-refractivity contribution is 0.144. The van der Waals surface area contributed by atoms with E-state index in [1.807, 2.05) is 13.8 Å². The maximum Gasteiger partial charge on any atom is 0.411 e. The number of ether oxygens (including phenoxy) is 3. The average Bonchev–Trinajstić information content (AvgIpc) is 2.66. The molecule has 0 spiro atoms. The summed E-state index contributed by atoms with van der Waals surface area (Å²) in [6.45, 7) is 3.71. The molecule has 0 fully saturated rings. The van der Waals surface area contributed by atoms with Gasteiger partial charge in [-0.25, -0.2) is 13.6 Å². The third-order valence-electron chi connectivity index (χ3n) is 4.23. The Balaban J connectivity index is 2.36. The van der Waals surface area contributed by atoms with Gasteiger partial charge < -0.3 is 14.2 Å². The first-order chi connectivity index (χ1) is 12.9. The maximum atomic E-state index is 13.5. The molecule has 0 aromatic heterocycles. The van der Waals surface area contributed by atoms with Crippen molar-refractivity contribution in [3.8, 4) is 11.5 Å². The molecule has 5 nitrogen and oxygen atoms in total. The Morgan fingerprint density at radius 1 is 1.19 bits per heavy atom. The fraction of sp³-hybridized carbons (Fsp3) is 0.350. The molecule has 0 saturated heterocycles. The molecule has 0 aliphatic heterocycles. The number of hydrogen-bond donors (Lipinski definition) is 1. The topological polar surface area (TPSA) is 56.8 Å². The Kier molecular flexibility index (Phi) is 6.98. The molecule has 1 amide bonds. The van der Waals surface area contributed by atoms with E-state index in [2.05, 4.69) is 10.1 Å². The predicted octanol–water partition coefficient (Wildman–Crippen LogP) is 5.26. The van der Waals surface area contributed by atoms with Gasteiger partial charge in [0, 0.05) is 0 Å². The highest BCUT2D eigenvalue weighted by molar-refractivity contribution is 5.86. The fourth-order valence-corrected chi connectivity index (χ4v) is 2.76. The number of amides is 1. The molecule has 0 atom stereocenters. The van der Waals surface area contributed by atoms with Crippen molar-refractivity contribution in [3.05, 3.63) is 52.6 Å². The molecule has 0 saturated carbocycles. The molecule has 0 heterocycles. The number of carbonyl (C=O) groups excluding carboxylic acids is 1. The number of hydrogen-bond acceptors (Lipinski definition) is 4. The van der Waals surface area contributed by atoms with Gasteiger partial charge in [-0.15, -0.1) is 0 Å². The van der Waals surface area contributed by atoms with Crippen LogP contribution in [0.3, 0.4) is 0 Å². The van der Waals surface area contributed by atoms with E-state index in [-0.39, 0.29) is 17.9 Å². The highest BCUT2D eigenvalue weighted by Gasteiger charge is 2.18. The van der Waals surface area contributed by atoms with Crippen LogP contribution in [-0.4, -0.2) is 20.3 Å². The minimum absolute atomic E-state index is 0.0615. The van der Waals surface area contributed by atoms with Gasteiger partial charge in [0.15, 0.2) is 0 Å². The summed E-state index contributed by atoms with van der Waals surface area (Å²) in [5.41, 5.74) is 2.51. The molecular formula is C20H23F2NO4. The van der Waals surface area contributed by atoms with Gasteiger partial charge in [-0.1, -0.05) is 13.0 Å². The Bertz CT molecular complexity index is 809. The number of rotatable bonds is 7. The third kappa shape index (κ3) is 4.87. The van der Waals surface area contributed by atoms with Crippen molar-refractivity contribution in [1.82, 2.24) is 0 Å². The highest BCUT2D eigenvalue weighted by atomic mass is 19.3. The molecule has 0 aliphatic carbocycles. The first kappa shape index (κ1) is 20.5. The molecule has 0 unspecified atom stereocenters. The highest BCUT2D eigenvalue weighted by Crippen LogP contribution is 2.34. The summed E-state index contributed by atoms with van der Waals surface area (Å²) in [5.74, 6) is 0.569. The van der Waals surface area contributed by atoms with Gasteiger partial charge in [-0.05, 0) is 48.7 Å².